The third-order valence-corrected chi connectivity index (χ3v) is 6.39. The van der Waals surface area contributed by atoms with Crippen LogP contribution in [0.15, 0.2) is 54.6 Å². The molecule has 0 saturated carbocycles. The number of carboxylic acids is 1. The molecule has 1 amide bonds. The highest BCUT2D eigenvalue weighted by atomic mass is 19.1. The second-order valence-electron chi connectivity index (χ2n) is 9.01. The van der Waals surface area contributed by atoms with Crippen LogP contribution in [0.4, 0.5) is 8.78 Å². The third kappa shape index (κ3) is 5.97. The molecule has 1 unspecified atom stereocenters. The molecule has 0 saturated heterocycles. The number of rotatable bonds is 9. The minimum Gasteiger partial charge on any atom is -0.481 e. The lowest BCUT2D eigenvalue weighted by molar-refractivity contribution is -0.136. The fourth-order valence-corrected chi connectivity index (χ4v) is 4.39. The van der Waals surface area contributed by atoms with Crippen molar-refractivity contribution < 1.29 is 28.2 Å². The van der Waals surface area contributed by atoms with Crippen molar-refractivity contribution in [2.24, 2.45) is 0 Å². The Kier molecular flexibility index (Phi) is 7.57. The summed E-state index contributed by atoms with van der Waals surface area (Å²) in [4.78, 5) is 26.9. The normalized spacial score (nSPS) is 11.9. The Morgan fingerprint density at radius 1 is 1.00 bits per heavy atom. The van der Waals surface area contributed by atoms with Gasteiger partial charge in [-0.15, -0.1) is 0 Å². The Morgan fingerprint density at radius 3 is 2.51 bits per heavy atom. The van der Waals surface area contributed by atoms with E-state index in [0.717, 1.165) is 11.1 Å². The number of nitrogens with one attached hydrogen (secondary N) is 2. The Hall–Kier alpha value is -4.20. The topological polar surface area (TPSA) is 91.4 Å². The van der Waals surface area contributed by atoms with Gasteiger partial charge in [-0.05, 0) is 91.4 Å². The van der Waals surface area contributed by atoms with E-state index in [1.807, 2.05) is 19.1 Å². The highest BCUT2D eigenvalue weighted by Gasteiger charge is 2.19. The van der Waals surface area contributed by atoms with Gasteiger partial charge in [0, 0.05) is 23.4 Å². The largest absolute Gasteiger partial charge is 0.481 e. The molecular formula is C29H28F2N2O4. The highest BCUT2D eigenvalue weighted by molar-refractivity contribution is 6.01. The number of aromatic amines is 1. The molecule has 0 bridgehead atoms. The molecule has 8 heteroatoms. The first kappa shape index (κ1) is 25.9. The lowest BCUT2D eigenvalue weighted by atomic mass is 10.0. The van der Waals surface area contributed by atoms with Gasteiger partial charge in [0.1, 0.15) is 28.8 Å². The molecule has 3 aromatic carbocycles. The number of benzene rings is 3. The summed E-state index contributed by atoms with van der Waals surface area (Å²) >= 11 is 0. The number of fused-ring (bicyclic) bond motifs is 1. The average molecular weight is 507 g/mol. The first-order valence-electron chi connectivity index (χ1n) is 12.0. The SMILES string of the molecule is CCc1cc(Oc2cc(F)cc(C(C)NC(=O)c3[nH]c4ccc(F)cc4c3C)c2)ccc1CCC(=O)O. The number of amides is 1. The molecule has 0 spiro atoms. The van der Waals surface area contributed by atoms with E-state index in [-0.39, 0.29) is 18.0 Å². The molecule has 0 aliphatic heterocycles. The summed E-state index contributed by atoms with van der Waals surface area (Å²) in [7, 11) is 0. The molecule has 1 aromatic heterocycles. The van der Waals surface area contributed by atoms with Crippen molar-refractivity contribution in [1.29, 1.82) is 0 Å². The molecule has 0 fully saturated rings. The van der Waals surface area contributed by atoms with Gasteiger partial charge < -0.3 is 20.1 Å². The second-order valence-corrected chi connectivity index (χ2v) is 9.01. The molecule has 4 rings (SSSR count). The van der Waals surface area contributed by atoms with Crippen LogP contribution in [0.1, 0.15) is 59.1 Å². The number of aromatic nitrogens is 1. The van der Waals surface area contributed by atoms with E-state index in [9.17, 15) is 18.4 Å². The van der Waals surface area contributed by atoms with Crippen LogP contribution in [-0.4, -0.2) is 22.0 Å². The average Bonchev–Trinajstić information content (AvgIpc) is 3.18. The number of hydrogen-bond donors (Lipinski definition) is 3. The zero-order valence-corrected chi connectivity index (χ0v) is 20.8. The van der Waals surface area contributed by atoms with Gasteiger partial charge in [-0.3, -0.25) is 9.59 Å². The van der Waals surface area contributed by atoms with Crippen LogP contribution in [0, 0.1) is 18.6 Å². The van der Waals surface area contributed by atoms with Crippen LogP contribution in [0.25, 0.3) is 10.9 Å². The van der Waals surface area contributed by atoms with E-state index >= 15 is 0 Å². The minimum atomic E-state index is -0.857. The van der Waals surface area contributed by atoms with Crippen LogP contribution in [0.3, 0.4) is 0 Å². The Morgan fingerprint density at radius 2 is 1.78 bits per heavy atom. The fourth-order valence-electron chi connectivity index (χ4n) is 4.39. The number of aryl methyl sites for hydroxylation is 3. The number of carbonyl (C=O) groups excluding carboxylic acids is 1. The molecule has 0 radical (unpaired) electrons. The van der Waals surface area contributed by atoms with Gasteiger partial charge in [-0.2, -0.15) is 0 Å². The summed E-state index contributed by atoms with van der Waals surface area (Å²) in [5.74, 6) is -1.37. The molecule has 4 aromatic rings. The quantitative estimate of drug-likeness (QED) is 0.238. The van der Waals surface area contributed by atoms with E-state index < -0.39 is 23.7 Å². The summed E-state index contributed by atoms with van der Waals surface area (Å²) in [5, 5.41) is 12.4. The Balaban J connectivity index is 1.51. The van der Waals surface area contributed by atoms with Gasteiger partial charge >= 0.3 is 5.97 Å². The maximum absolute atomic E-state index is 14.5. The molecule has 192 valence electrons. The summed E-state index contributed by atoms with van der Waals surface area (Å²) in [6.45, 7) is 5.45. The van der Waals surface area contributed by atoms with Crippen molar-refractivity contribution in [1.82, 2.24) is 10.3 Å². The predicted octanol–water partition coefficient (Wildman–Crippen LogP) is 6.62. The molecule has 1 heterocycles. The van der Waals surface area contributed by atoms with Gasteiger partial charge in [-0.1, -0.05) is 13.0 Å². The maximum atomic E-state index is 14.5. The van der Waals surface area contributed by atoms with E-state index in [0.29, 0.717) is 46.3 Å². The van der Waals surface area contributed by atoms with Crippen molar-refractivity contribution in [2.45, 2.75) is 46.1 Å². The fraction of sp³-hybridized carbons (Fsp3) is 0.241. The van der Waals surface area contributed by atoms with Crippen LogP contribution in [-0.2, 0) is 17.6 Å². The minimum absolute atomic E-state index is 0.0407. The van der Waals surface area contributed by atoms with Gasteiger partial charge in [0.2, 0.25) is 0 Å². The van der Waals surface area contributed by atoms with Gasteiger partial charge in [0.15, 0.2) is 0 Å². The standard InChI is InChI=1S/C29H28F2N2O4/c1-4-18-12-23(8-5-19(18)6-10-27(34)35)37-24-13-20(11-22(31)14-24)17(3)32-29(36)28-16(2)25-15-21(30)7-9-26(25)33-28/h5,7-9,11-15,17,33H,4,6,10H2,1-3H3,(H,32,36)(H,34,35). The van der Waals surface area contributed by atoms with Gasteiger partial charge in [0.05, 0.1) is 6.04 Å². The number of H-pyrrole nitrogens is 1. The number of aliphatic carboxylic acids is 1. The number of halogens is 2. The van der Waals surface area contributed by atoms with Crippen LogP contribution >= 0.6 is 0 Å². The number of ether oxygens (including phenoxy) is 1. The molecular weight excluding hydrogens is 478 g/mol. The number of carbonyl (C=O) groups is 2. The second kappa shape index (κ2) is 10.8. The van der Waals surface area contributed by atoms with E-state index in [1.54, 1.807) is 32.0 Å². The summed E-state index contributed by atoms with van der Waals surface area (Å²) < 4.78 is 34.0. The highest BCUT2D eigenvalue weighted by Crippen LogP contribution is 2.29. The lowest BCUT2D eigenvalue weighted by Gasteiger charge is -2.16. The zero-order valence-electron chi connectivity index (χ0n) is 20.8. The predicted molar refractivity (Wildman–Crippen MR) is 137 cm³/mol. The Labute approximate surface area is 213 Å². The number of carboxylic acid groups (broad SMARTS) is 1. The molecule has 37 heavy (non-hydrogen) atoms. The molecule has 1 atom stereocenters. The molecule has 0 aliphatic carbocycles. The Bertz CT molecular complexity index is 1480. The van der Waals surface area contributed by atoms with Crippen LogP contribution in [0.5, 0.6) is 11.5 Å². The van der Waals surface area contributed by atoms with E-state index in [1.165, 1.54) is 24.3 Å². The summed E-state index contributed by atoms with van der Waals surface area (Å²) in [6.07, 6.45) is 1.16. The van der Waals surface area contributed by atoms with Crippen LogP contribution in [0.2, 0.25) is 0 Å². The van der Waals surface area contributed by atoms with Crippen molar-refractivity contribution in [3.05, 3.63) is 94.2 Å². The molecule has 6 nitrogen and oxygen atoms in total. The first-order valence-corrected chi connectivity index (χ1v) is 12.0. The molecule has 0 aliphatic rings. The zero-order chi connectivity index (χ0) is 26.7. The maximum Gasteiger partial charge on any atom is 0.303 e. The van der Waals surface area contributed by atoms with Crippen molar-refractivity contribution in [2.75, 3.05) is 0 Å². The van der Waals surface area contributed by atoms with E-state index in [2.05, 4.69) is 10.3 Å². The number of hydrogen-bond acceptors (Lipinski definition) is 3. The van der Waals surface area contributed by atoms with Crippen LogP contribution < -0.4 is 10.1 Å². The smallest absolute Gasteiger partial charge is 0.303 e. The molecule has 3 N–H and O–H groups in total. The monoisotopic (exact) mass is 506 g/mol. The lowest BCUT2D eigenvalue weighted by Crippen LogP contribution is -2.27. The van der Waals surface area contributed by atoms with Gasteiger partial charge in [-0.25, -0.2) is 8.78 Å². The van der Waals surface area contributed by atoms with Gasteiger partial charge in [0.25, 0.3) is 5.91 Å². The summed E-state index contributed by atoms with van der Waals surface area (Å²) in [6, 6.07) is 13.4. The third-order valence-electron chi connectivity index (χ3n) is 6.39. The van der Waals surface area contributed by atoms with Crippen molar-refractivity contribution in [3.8, 4) is 11.5 Å². The summed E-state index contributed by atoms with van der Waals surface area (Å²) in [5.41, 5.74) is 4.00. The van der Waals surface area contributed by atoms with E-state index in [4.69, 9.17) is 9.84 Å². The van der Waals surface area contributed by atoms with Crippen molar-refractivity contribution in [3.63, 3.8) is 0 Å². The van der Waals surface area contributed by atoms with Crippen molar-refractivity contribution >= 4 is 22.8 Å². The first-order chi connectivity index (χ1) is 17.6.